The van der Waals surface area contributed by atoms with Crippen LogP contribution < -0.4 is 16.4 Å². The van der Waals surface area contributed by atoms with E-state index in [1.807, 2.05) is 0 Å². The molecule has 0 aromatic heterocycles. The first-order valence-electron chi connectivity index (χ1n) is 12.4. The van der Waals surface area contributed by atoms with Crippen molar-refractivity contribution in [2.75, 3.05) is 32.5 Å². The molecule has 3 aliphatic rings. The summed E-state index contributed by atoms with van der Waals surface area (Å²) < 4.78 is 0. The third-order valence-electron chi connectivity index (χ3n) is 7.94. The minimum atomic E-state index is -2.98. The SMILES string of the molecule is CCNC(=O)CNc1ccc2c(c1O)C(=O)C1=C(O)[C@@]3(O)C(=O)C(C(N)=O)=C(O)[C@@H](N(C)C)[C@H]3[C@H](O)[C@H]1[C@@H]2C. The number of nitrogens with two attached hydrogens (primary N) is 1. The molecule has 0 saturated carbocycles. The van der Waals surface area contributed by atoms with E-state index in [4.69, 9.17) is 5.73 Å². The maximum absolute atomic E-state index is 13.8. The second kappa shape index (κ2) is 9.67. The summed E-state index contributed by atoms with van der Waals surface area (Å²) in [7, 11) is 2.94. The van der Waals surface area contributed by atoms with Gasteiger partial charge in [-0.2, -0.15) is 0 Å². The number of aromatic hydroxyl groups is 1. The predicted molar refractivity (Wildman–Crippen MR) is 137 cm³/mol. The zero-order valence-corrected chi connectivity index (χ0v) is 21.8. The maximum Gasteiger partial charge on any atom is 0.255 e. The number of primary amides is 1. The first kappa shape index (κ1) is 28.1. The number of aliphatic hydroxyl groups is 4. The highest BCUT2D eigenvalue weighted by Crippen LogP contribution is 2.55. The molecule has 0 spiro atoms. The summed E-state index contributed by atoms with van der Waals surface area (Å²) in [6.07, 6.45) is -1.67. The van der Waals surface area contributed by atoms with E-state index in [2.05, 4.69) is 10.6 Å². The number of phenolic OH excluding ortho intramolecular Hbond substituents is 1. The molecule has 4 rings (SSSR count). The number of nitrogens with one attached hydrogen (secondary N) is 2. The lowest BCUT2D eigenvalue weighted by molar-refractivity contribution is -0.162. The quantitative estimate of drug-likeness (QED) is 0.163. The predicted octanol–water partition coefficient (Wildman–Crippen LogP) is -0.800. The highest BCUT2D eigenvalue weighted by molar-refractivity contribution is 6.25. The second-order valence-corrected chi connectivity index (χ2v) is 10.3. The maximum atomic E-state index is 13.8. The largest absolute Gasteiger partial charge is 0.510 e. The Morgan fingerprint density at radius 2 is 1.79 bits per heavy atom. The summed E-state index contributed by atoms with van der Waals surface area (Å²) in [6, 6.07) is 1.68. The summed E-state index contributed by atoms with van der Waals surface area (Å²) in [4.78, 5) is 52.5. The number of Topliss-reactive ketones (excluding diaryl/α,β-unsaturated/α-hetero) is 2. The number of rotatable bonds is 6. The van der Waals surface area contributed by atoms with Gasteiger partial charge in [-0.1, -0.05) is 13.0 Å². The molecule has 0 fully saturated rings. The van der Waals surface area contributed by atoms with Crippen LogP contribution in [0, 0.1) is 11.8 Å². The van der Waals surface area contributed by atoms with E-state index < -0.39 is 81.4 Å². The zero-order chi connectivity index (χ0) is 29.1. The molecule has 3 aliphatic carbocycles. The van der Waals surface area contributed by atoms with Gasteiger partial charge in [0.05, 0.1) is 35.9 Å². The number of ketones is 2. The van der Waals surface area contributed by atoms with Crippen molar-refractivity contribution in [1.29, 1.82) is 0 Å². The molecule has 9 N–H and O–H groups in total. The molecule has 2 amide bonds. The van der Waals surface area contributed by atoms with Crippen LogP contribution in [0.2, 0.25) is 0 Å². The van der Waals surface area contributed by atoms with E-state index in [-0.39, 0.29) is 23.7 Å². The van der Waals surface area contributed by atoms with E-state index in [9.17, 15) is 44.7 Å². The van der Waals surface area contributed by atoms with Crippen molar-refractivity contribution in [3.63, 3.8) is 0 Å². The van der Waals surface area contributed by atoms with Gasteiger partial charge in [0, 0.05) is 18.0 Å². The second-order valence-electron chi connectivity index (χ2n) is 10.3. The van der Waals surface area contributed by atoms with Crippen LogP contribution in [0.25, 0.3) is 0 Å². The molecule has 210 valence electrons. The number of hydrogen-bond acceptors (Lipinski definition) is 11. The number of nitrogens with zero attached hydrogens (tertiary/aromatic N) is 1. The van der Waals surface area contributed by atoms with E-state index in [1.54, 1.807) is 13.8 Å². The highest BCUT2D eigenvalue weighted by Gasteiger charge is 2.67. The number of fused-ring (bicyclic) bond motifs is 3. The Morgan fingerprint density at radius 1 is 1.15 bits per heavy atom. The van der Waals surface area contributed by atoms with Crippen molar-refractivity contribution < 1.29 is 44.7 Å². The van der Waals surface area contributed by atoms with Gasteiger partial charge in [0.2, 0.25) is 11.7 Å². The van der Waals surface area contributed by atoms with Crippen LogP contribution in [0.4, 0.5) is 5.69 Å². The van der Waals surface area contributed by atoms with Crippen molar-refractivity contribution in [2.45, 2.75) is 37.5 Å². The molecule has 0 unspecified atom stereocenters. The van der Waals surface area contributed by atoms with Crippen LogP contribution in [0.1, 0.15) is 35.7 Å². The smallest absolute Gasteiger partial charge is 0.255 e. The Labute approximate surface area is 223 Å². The Bertz CT molecular complexity index is 1350. The molecule has 13 heteroatoms. The number of carbonyl (C=O) groups is 4. The number of aliphatic hydroxyl groups excluding tert-OH is 3. The van der Waals surface area contributed by atoms with E-state index in [0.29, 0.717) is 12.1 Å². The lowest BCUT2D eigenvalue weighted by Gasteiger charge is -2.53. The van der Waals surface area contributed by atoms with Gasteiger partial charge < -0.3 is 41.9 Å². The van der Waals surface area contributed by atoms with Gasteiger partial charge in [0.25, 0.3) is 5.91 Å². The first-order valence-corrected chi connectivity index (χ1v) is 12.4. The van der Waals surface area contributed by atoms with Crippen molar-refractivity contribution >= 4 is 29.1 Å². The number of hydrogen-bond donors (Lipinski definition) is 8. The van der Waals surface area contributed by atoms with Crippen LogP contribution >= 0.6 is 0 Å². The highest BCUT2D eigenvalue weighted by atomic mass is 16.4. The van der Waals surface area contributed by atoms with Gasteiger partial charge in [-0.05, 0) is 38.6 Å². The summed E-state index contributed by atoms with van der Waals surface area (Å²) in [5, 5.41) is 61.8. The minimum Gasteiger partial charge on any atom is -0.510 e. The number of carbonyl (C=O) groups excluding carboxylic acids is 4. The number of likely N-dealkylation sites (N-methyl/N-ethyl adjacent to an activating group) is 2. The molecule has 1 aromatic carbocycles. The molecule has 0 saturated heterocycles. The van der Waals surface area contributed by atoms with Crippen molar-refractivity contribution in [1.82, 2.24) is 10.2 Å². The fourth-order valence-electron chi connectivity index (χ4n) is 6.20. The number of amides is 2. The van der Waals surface area contributed by atoms with Gasteiger partial charge in [0.15, 0.2) is 11.4 Å². The minimum absolute atomic E-state index is 0.0531. The average Bonchev–Trinajstić information content (AvgIpc) is 2.85. The fraction of sp³-hybridized carbons (Fsp3) is 0.462. The molecule has 6 atom stereocenters. The monoisotopic (exact) mass is 544 g/mol. The molecule has 1 aromatic rings. The van der Waals surface area contributed by atoms with Crippen LogP contribution in [-0.2, 0) is 14.4 Å². The van der Waals surface area contributed by atoms with Gasteiger partial charge in [0.1, 0.15) is 22.8 Å². The van der Waals surface area contributed by atoms with Crippen molar-refractivity contribution in [3.05, 3.63) is 45.9 Å². The molecule has 0 heterocycles. The lowest BCUT2D eigenvalue weighted by atomic mass is 9.55. The van der Waals surface area contributed by atoms with Crippen molar-refractivity contribution in [3.8, 4) is 5.75 Å². The molecule has 39 heavy (non-hydrogen) atoms. The molecule has 0 aliphatic heterocycles. The molecule has 0 bridgehead atoms. The molecule has 0 radical (unpaired) electrons. The van der Waals surface area contributed by atoms with Crippen LogP contribution in [-0.4, -0.2) is 98.7 Å². The number of anilines is 1. The van der Waals surface area contributed by atoms with Crippen LogP contribution in [0.5, 0.6) is 5.75 Å². The third kappa shape index (κ3) is 3.87. The summed E-state index contributed by atoms with van der Waals surface area (Å²) >= 11 is 0. The van der Waals surface area contributed by atoms with E-state index in [1.165, 1.54) is 31.1 Å². The Morgan fingerprint density at radius 3 is 2.36 bits per heavy atom. The van der Waals surface area contributed by atoms with E-state index in [0.717, 1.165) is 0 Å². The van der Waals surface area contributed by atoms with Gasteiger partial charge in [-0.3, -0.25) is 24.1 Å². The zero-order valence-electron chi connectivity index (χ0n) is 21.8. The van der Waals surface area contributed by atoms with E-state index >= 15 is 0 Å². The number of benzene rings is 1. The lowest BCUT2D eigenvalue weighted by Crippen LogP contribution is -2.68. The average molecular weight is 545 g/mol. The summed E-state index contributed by atoms with van der Waals surface area (Å²) in [5.74, 6) is -9.96. The van der Waals surface area contributed by atoms with Gasteiger partial charge in [-0.25, -0.2) is 0 Å². The molecular weight excluding hydrogens is 512 g/mol. The summed E-state index contributed by atoms with van der Waals surface area (Å²) in [6.45, 7) is 3.57. The standard InChI is InChI=1S/C26H32N4O9/c1-5-28-12(31)8-29-11-7-6-10-9(2)13-15(20(33)14(10)19(11)32)23(36)26(39)17(21(13)34)18(30(3)4)22(35)16(24(26)37)25(27)38/h6-7,9,13,17-18,21,29,32,34-36,39H,5,8H2,1-4H3,(H2,27,38)(H,28,31)/t9-,13+,17+,18+,21-,26-/m1/s1. The fourth-order valence-corrected chi connectivity index (χ4v) is 6.20. The number of phenols is 1. The van der Waals surface area contributed by atoms with Gasteiger partial charge in [-0.15, -0.1) is 0 Å². The normalized spacial score (nSPS) is 30.1. The van der Waals surface area contributed by atoms with Crippen molar-refractivity contribution in [2.24, 2.45) is 17.6 Å². The topological polar surface area (TPSA) is 223 Å². The van der Waals surface area contributed by atoms with Gasteiger partial charge >= 0.3 is 0 Å². The third-order valence-corrected chi connectivity index (χ3v) is 7.94. The summed E-state index contributed by atoms with van der Waals surface area (Å²) in [5.41, 5.74) is 1.02. The van der Waals surface area contributed by atoms with Crippen LogP contribution in [0.15, 0.2) is 34.8 Å². The Hall–Kier alpha value is -3.94. The molecular formula is C26H32N4O9. The Kier molecular flexibility index (Phi) is 6.96. The van der Waals surface area contributed by atoms with Crippen LogP contribution in [0.3, 0.4) is 0 Å². The molecule has 13 nitrogen and oxygen atoms in total. The Balaban J connectivity index is 1.91. The first-order chi connectivity index (χ1) is 18.2.